The third kappa shape index (κ3) is 3.49. The van der Waals surface area contributed by atoms with Gasteiger partial charge in [-0.25, -0.2) is 8.42 Å². The van der Waals surface area contributed by atoms with Crippen molar-refractivity contribution in [3.05, 3.63) is 28.2 Å². The average molecular weight is 372 g/mol. The van der Waals surface area contributed by atoms with Crippen LogP contribution >= 0.6 is 35.6 Å². The molecule has 8 heteroatoms. The highest BCUT2D eigenvalue weighted by Gasteiger charge is 2.35. The summed E-state index contributed by atoms with van der Waals surface area (Å²) in [7, 11) is -3.50. The van der Waals surface area contributed by atoms with Crippen LogP contribution in [0.3, 0.4) is 0 Å². The molecule has 1 N–H and O–H groups in total. The van der Waals surface area contributed by atoms with Gasteiger partial charge in [-0.3, -0.25) is 0 Å². The number of halogens is 3. The molecular weight excluding hydrogens is 355 g/mol. The third-order valence-corrected chi connectivity index (χ3v) is 6.61. The summed E-state index contributed by atoms with van der Waals surface area (Å²) in [5.74, 6) is 0. The quantitative estimate of drug-likeness (QED) is 0.869. The number of sulfonamides is 1. The summed E-state index contributed by atoms with van der Waals surface area (Å²) in [6.07, 6.45) is 3.04. The summed E-state index contributed by atoms with van der Waals surface area (Å²) in [6, 6.07) is 5.18. The number of benzene rings is 1. The first kappa shape index (κ1) is 17.3. The molecule has 2 saturated heterocycles. The Labute approximate surface area is 141 Å². The molecule has 2 bridgehead atoms. The van der Waals surface area contributed by atoms with E-state index in [2.05, 4.69) is 5.32 Å². The molecule has 1 aromatic carbocycles. The molecule has 2 aliphatic rings. The lowest BCUT2D eigenvalue weighted by molar-refractivity contribution is 0.383. The van der Waals surface area contributed by atoms with Crippen molar-refractivity contribution in [2.75, 3.05) is 13.1 Å². The molecule has 1 aromatic rings. The van der Waals surface area contributed by atoms with E-state index in [9.17, 15) is 8.42 Å². The fraction of sp³-hybridized carbons (Fsp3) is 0.538. The molecule has 118 valence electrons. The van der Waals surface area contributed by atoms with Gasteiger partial charge >= 0.3 is 0 Å². The van der Waals surface area contributed by atoms with E-state index >= 15 is 0 Å². The summed E-state index contributed by atoms with van der Waals surface area (Å²) >= 11 is 11.8. The Hall–Kier alpha value is -0.0400. The van der Waals surface area contributed by atoms with Crippen LogP contribution in [0.4, 0.5) is 0 Å². The van der Waals surface area contributed by atoms with Gasteiger partial charge in [-0.1, -0.05) is 23.2 Å². The summed E-state index contributed by atoms with van der Waals surface area (Å²) in [5, 5.41) is 4.10. The number of fused-ring (bicyclic) bond motifs is 2. The molecule has 0 radical (unpaired) electrons. The Kier molecular flexibility index (Phi) is 5.45. The van der Waals surface area contributed by atoms with E-state index in [-0.39, 0.29) is 28.4 Å². The normalized spacial score (nSPS) is 26.2. The molecule has 0 amide bonds. The van der Waals surface area contributed by atoms with Crippen LogP contribution in [0.15, 0.2) is 23.1 Å². The Balaban J connectivity index is 0.00000161. The minimum atomic E-state index is -3.50. The van der Waals surface area contributed by atoms with Crippen molar-refractivity contribution in [2.45, 2.75) is 36.2 Å². The number of hydrogen-bond donors (Lipinski definition) is 1. The molecule has 3 rings (SSSR count). The van der Waals surface area contributed by atoms with E-state index in [1.54, 1.807) is 4.31 Å². The Morgan fingerprint density at radius 1 is 1.10 bits per heavy atom. The van der Waals surface area contributed by atoms with Crippen LogP contribution in [0.1, 0.15) is 19.3 Å². The summed E-state index contributed by atoms with van der Waals surface area (Å²) in [5.41, 5.74) is 0. The SMILES string of the molecule is Cl.O=S(=O)(c1ccc(Cl)c(Cl)c1)N1CCC2CCC(C1)N2. The van der Waals surface area contributed by atoms with E-state index in [1.165, 1.54) is 18.2 Å². The number of nitrogens with one attached hydrogen (secondary N) is 1. The van der Waals surface area contributed by atoms with Gasteiger partial charge < -0.3 is 5.32 Å². The molecular formula is C13H17Cl3N2O2S. The van der Waals surface area contributed by atoms with Crippen LogP contribution in [0, 0.1) is 0 Å². The van der Waals surface area contributed by atoms with E-state index in [0.29, 0.717) is 24.2 Å². The summed E-state index contributed by atoms with van der Waals surface area (Å²) in [4.78, 5) is 0.213. The second-order valence-corrected chi connectivity index (χ2v) is 8.12. The average Bonchev–Trinajstić information content (AvgIpc) is 2.71. The highest BCUT2D eigenvalue weighted by molar-refractivity contribution is 7.89. The van der Waals surface area contributed by atoms with E-state index < -0.39 is 10.0 Å². The van der Waals surface area contributed by atoms with Crippen LogP contribution in [0.2, 0.25) is 10.0 Å². The molecule has 0 aromatic heterocycles. The maximum Gasteiger partial charge on any atom is 0.243 e. The molecule has 21 heavy (non-hydrogen) atoms. The van der Waals surface area contributed by atoms with Crippen molar-refractivity contribution in [1.29, 1.82) is 0 Å². The minimum Gasteiger partial charge on any atom is -0.310 e. The van der Waals surface area contributed by atoms with Crippen molar-refractivity contribution in [1.82, 2.24) is 9.62 Å². The highest BCUT2D eigenvalue weighted by atomic mass is 35.5. The van der Waals surface area contributed by atoms with Crippen molar-refractivity contribution >= 4 is 45.6 Å². The standard InChI is InChI=1S/C13H16Cl2N2O2S.ClH/c14-12-4-3-11(7-13(12)15)20(18,19)17-6-5-9-1-2-10(8-17)16-9;/h3-4,7,9-10,16H,1-2,5-6,8H2;1H. The van der Waals surface area contributed by atoms with Gasteiger partial charge in [-0.2, -0.15) is 4.31 Å². The topological polar surface area (TPSA) is 49.4 Å². The summed E-state index contributed by atoms with van der Waals surface area (Å²) in [6.45, 7) is 1.08. The van der Waals surface area contributed by atoms with Crippen LogP contribution < -0.4 is 5.32 Å². The molecule has 2 heterocycles. The predicted octanol–water partition coefficient (Wildman–Crippen LogP) is 2.93. The van der Waals surface area contributed by atoms with E-state index in [1.807, 2.05) is 0 Å². The van der Waals surface area contributed by atoms with Crippen molar-refractivity contribution in [3.63, 3.8) is 0 Å². The lowest BCUT2D eigenvalue weighted by atomic mass is 10.1. The van der Waals surface area contributed by atoms with Gasteiger partial charge in [0, 0.05) is 25.2 Å². The smallest absolute Gasteiger partial charge is 0.243 e. The molecule has 4 nitrogen and oxygen atoms in total. The molecule has 2 fully saturated rings. The second-order valence-electron chi connectivity index (χ2n) is 5.37. The molecule has 0 aliphatic carbocycles. The van der Waals surface area contributed by atoms with Crippen LogP contribution in [-0.4, -0.2) is 37.9 Å². The van der Waals surface area contributed by atoms with Gasteiger partial charge in [0.05, 0.1) is 14.9 Å². The zero-order chi connectivity index (χ0) is 14.3. The first-order valence-electron chi connectivity index (χ1n) is 6.68. The zero-order valence-electron chi connectivity index (χ0n) is 11.3. The molecule has 0 spiro atoms. The maximum absolute atomic E-state index is 12.7. The Morgan fingerprint density at radius 3 is 2.52 bits per heavy atom. The van der Waals surface area contributed by atoms with Gasteiger partial charge in [0.25, 0.3) is 0 Å². The summed E-state index contributed by atoms with van der Waals surface area (Å²) < 4.78 is 26.9. The zero-order valence-corrected chi connectivity index (χ0v) is 14.4. The van der Waals surface area contributed by atoms with Crippen LogP contribution in [0.25, 0.3) is 0 Å². The van der Waals surface area contributed by atoms with E-state index in [4.69, 9.17) is 23.2 Å². The van der Waals surface area contributed by atoms with Gasteiger partial charge in [0.1, 0.15) is 0 Å². The lowest BCUT2D eigenvalue weighted by Gasteiger charge is -2.23. The van der Waals surface area contributed by atoms with Crippen LogP contribution in [-0.2, 0) is 10.0 Å². The highest BCUT2D eigenvalue weighted by Crippen LogP contribution is 2.29. The van der Waals surface area contributed by atoms with Gasteiger partial charge in [0.15, 0.2) is 0 Å². The number of hydrogen-bond acceptors (Lipinski definition) is 3. The fourth-order valence-corrected chi connectivity index (χ4v) is 4.81. The van der Waals surface area contributed by atoms with E-state index in [0.717, 1.165) is 19.3 Å². The second kappa shape index (κ2) is 6.60. The molecule has 0 saturated carbocycles. The van der Waals surface area contributed by atoms with Crippen molar-refractivity contribution in [3.8, 4) is 0 Å². The molecule has 2 atom stereocenters. The fourth-order valence-electron chi connectivity index (χ4n) is 2.92. The van der Waals surface area contributed by atoms with Crippen molar-refractivity contribution < 1.29 is 8.42 Å². The lowest BCUT2D eigenvalue weighted by Crippen LogP contribution is -2.39. The first-order valence-corrected chi connectivity index (χ1v) is 8.87. The minimum absolute atomic E-state index is 0. The van der Waals surface area contributed by atoms with Gasteiger partial charge in [0.2, 0.25) is 10.0 Å². The molecule has 2 unspecified atom stereocenters. The third-order valence-electron chi connectivity index (χ3n) is 4.01. The number of rotatable bonds is 2. The maximum atomic E-state index is 12.7. The van der Waals surface area contributed by atoms with Gasteiger partial charge in [-0.15, -0.1) is 12.4 Å². The Morgan fingerprint density at radius 2 is 1.81 bits per heavy atom. The molecule has 2 aliphatic heterocycles. The Bertz CT molecular complexity index is 624. The monoisotopic (exact) mass is 370 g/mol. The van der Waals surface area contributed by atoms with Gasteiger partial charge in [-0.05, 0) is 37.5 Å². The predicted molar refractivity (Wildman–Crippen MR) is 87.0 cm³/mol. The van der Waals surface area contributed by atoms with Crippen molar-refractivity contribution in [2.24, 2.45) is 0 Å². The first-order chi connectivity index (χ1) is 9.46. The largest absolute Gasteiger partial charge is 0.310 e. The number of nitrogens with zero attached hydrogens (tertiary/aromatic N) is 1. The van der Waals surface area contributed by atoms with Crippen LogP contribution in [0.5, 0.6) is 0 Å².